The van der Waals surface area contributed by atoms with E-state index in [1.807, 2.05) is 12.1 Å². The lowest BCUT2D eigenvalue weighted by Crippen LogP contribution is -2.42. The number of hydrogen-bond donors (Lipinski definition) is 2. The van der Waals surface area contributed by atoms with Gasteiger partial charge >= 0.3 is 10.8 Å². The minimum atomic E-state index is -0.526. The van der Waals surface area contributed by atoms with Crippen molar-refractivity contribution < 1.29 is 28.7 Å². The lowest BCUT2D eigenvalue weighted by molar-refractivity contribution is -0.123. The molecule has 3 heterocycles. The van der Waals surface area contributed by atoms with Crippen LogP contribution >= 0.6 is 62.2 Å². The van der Waals surface area contributed by atoms with E-state index in [0.717, 1.165) is 31.3 Å². The Labute approximate surface area is 318 Å². The Morgan fingerprint density at radius 3 is 2.45 bits per heavy atom. The molecule has 262 valence electrons. The van der Waals surface area contributed by atoms with Gasteiger partial charge in [0.1, 0.15) is 5.75 Å². The van der Waals surface area contributed by atoms with E-state index in [9.17, 15) is 24.0 Å². The van der Waals surface area contributed by atoms with Gasteiger partial charge in [0.05, 0.1) is 44.8 Å². The molecule has 2 N–H and O–H groups in total. The van der Waals surface area contributed by atoms with E-state index in [1.54, 1.807) is 67.2 Å². The second-order valence-electron chi connectivity index (χ2n) is 12.9. The first-order chi connectivity index (χ1) is 24.5. The molecule has 2 saturated carbocycles. The molecule has 10 nitrogen and oxygen atoms in total. The van der Waals surface area contributed by atoms with Crippen molar-refractivity contribution in [1.82, 2.24) is 4.98 Å². The Hall–Kier alpha value is -3.62. The predicted molar refractivity (Wildman–Crippen MR) is 198 cm³/mol. The molecule has 51 heavy (non-hydrogen) atoms. The number of benzene rings is 3. The Kier molecular flexibility index (Phi) is 9.07. The minimum absolute atomic E-state index is 0.0494. The third-order valence-corrected chi connectivity index (χ3v) is 14.1. The number of thiazole rings is 1. The molecule has 8 rings (SSSR count). The molecule has 4 aliphatic rings. The fourth-order valence-corrected chi connectivity index (χ4v) is 11.9. The highest BCUT2D eigenvalue weighted by molar-refractivity contribution is 9.10. The highest BCUT2D eigenvalue weighted by atomic mass is 79.9. The highest BCUT2D eigenvalue weighted by Gasteiger charge is 2.70. The summed E-state index contributed by atoms with van der Waals surface area (Å²) >= 11 is 18.5. The van der Waals surface area contributed by atoms with E-state index in [0.29, 0.717) is 39.2 Å². The standard InChI is InChI=1S/C36H28BrCl2N3O7S2/c1-2-48-35(46)15-3-7-18(8-4-15)42-33(44)28-20-13-21(29(28)34(42)45)30-27(20)26(31-32(50-30)41-36(47)51-31)19-11-16(37)5-10-24(19)49-14-25(43)40-17-6-9-22(38)23(39)12-17/h3-12,20-21,26-30H,2,13-14H2,1H3,(H,40,43)(H,41,47)/t20-,21-,26-,27?,28?,29?,30?/m1/s1. The van der Waals surface area contributed by atoms with Crippen molar-refractivity contribution in [3.63, 3.8) is 0 Å². The molecule has 4 aromatic rings. The number of aromatic nitrogens is 1. The maximum absolute atomic E-state index is 14.2. The third-order valence-electron chi connectivity index (χ3n) is 10.2. The number of anilines is 2. The number of ether oxygens (including phenoxy) is 2. The van der Waals surface area contributed by atoms with Gasteiger partial charge < -0.3 is 19.8 Å². The first-order valence-electron chi connectivity index (χ1n) is 16.3. The molecular formula is C36H28BrCl2N3O7S2. The monoisotopic (exact) mass is 827 g/mol. The maximum Gasteiger partial charge on any atom is 0.338 e. The molecule has 2 aliphatic heterocycles. The summed E-state index contributed by atoms with van der Waals surface area (Å²) in [7, 11) is 0. The van der Waals surface area contributed by atoms with E-state index in [-0.39, 0.29) is 58.8 Å². The zero-order valence-corrected chi connectivity index (χ0v) is 31.4. The van der Waals surface area contributed by atoms with Gasteiger partial charge in [-0.25, -0.2) is 4.79 Å². The summed E-state index contributed by atoms with van der Waals surface area (Å²) < 4.78 is 12.1. The van der Waals surface area contributed by atoms with Crippen LogP contribution in [0.1, 0.15) is 40.1 Å². The predicted octanol–water partition coefficient (Wildman–Crippen LogP) is 7.38. The normalized spacial score (nSPS) is 25.7. The van der Waals surface area contributed by atoms with Gasteiger partial charge in [-0.1, -0.05) is 50.5 Å². The lowest BCUT2D eigenvalue weighted by Gasteiger charge is -2.43. The van der Waals surface area contributed by atoms with Crippen LogP contribution in [0.5, 0.6) is 5.75 Å². The van der Waals surface area contributed by atoms with E-state index in [4.69, 9.17) is 32.7 Å². The summed E-state index contributed by atoms with van der Waals surface area (Å²) in [5.41, 5.74) is 2.01. The quantitative estimate of drug-likeness (QED) is 0.139. The number of carbonyl (C=O) groups excluding carboxylic acids is 4. The number of aromatic amines is 1. The molecule has 3 fully saturated rings. The number of nitrogens with zero attached hydrogens (tertiary/aromatic N) is 1. The smallest absolute Gasteiger partial charge is 0.338 e. The molecule has 1 aromatic heterocycles. The van der Waals surface area contributed by atoms with Crippen LogP contribution in [0.15, 0.2) is 75.0 Å². The zero-order chi connectivity index (χ0) is 35.7. The Morgan fingerprint density at radius 2 is 1.73 bits per heavy atom. The number of amides is 3. The van der Waals surface area contributed by atoms with Crippen LogP contribution in [0, 0.1) is 29.6 Å². The van der Waals surface area contributed by atoms with Gasteiger partial charge in [0.25, 0.3) is 5.91 Å². The van der Waals surface area contributed by atoms with Gasteiger partial charge in [0, 0.05) is 31.8 Å². The van der Waals surface area contributed by atoms with E-state index in [1.165, 1.54) is 4.90 Å². The van der Waals surface area contributed by atoms with E-state index >= 15 is 0 Å². The van der Waals surface area contributed by atoms with Crippen molar-refractivity contribution >= 4 is 97.3 Å². The third kappa shape index (κ3) is 5.90. The Morgan fingerprint density at radius 1 is 0.980 bits per heavy atom. The van der Waals surface area contributed by atoms with Crippen molar-refractivity contribution in [2.45, 2.75) is 29.5 Å². The summed E-state index contributed by atoms with van der Waals surface area (Å²) in [5.74, 6) is -2.57. The largest absolute Gasteiger partial charge is 0.483 e. The summed E-state index contributed by atoms with van der Waals surface area (Å²) in [6, 6.07) is 16.7. The molecule has 2 bridgehead atoms. The van der Waals surface area contributed by atoms with Crippen LogP contribution in [0.25, 0.3) is 0 Å². The van der Waals surface area contributed by atoms with Crippen LogP contribution in [-0.2, 0) is 19.1 Å². The number of carbonyl (C=O) groups is 4. The SMILES string of the molecule is CCOC(=O)c1ccc(N2C(=O)C3C(C2=O)[C@@H]2C[C@H]3C3Sc4[nH]c(=O)sc4[C@H](c4cc(Br)ccc4OCC(=O)Nc4ccc(Cl)c(Cl)c4)C32)cc1. The molecule has 0 spiro atoms. The van der Waals surface area contributed by atoms with Gasteiger partial charge in [-0.2, -0.15) is 0 Å². The van der Waals surface area contributed by atoms with Crippen LogP contribution in [0.4, 0.5) is 11.4 Å². The number of rotatable bonds is 8. The first-order valence-corrected chi connectivity index (χ1v) is 19.5. The number of esters is 1. The van der Waals surface area contributed by atoms with Gasteiger partial charge in [-0.05, 0) is 91.8 Å². The first kappa shape index (κ1) is 34.5. The second-order valence-corrected chi connectivity index (χ2v) is 16.8. The number of imide groups is 1. The topological polar surface area (TPSA) is 135 Å². The molecule has 1 saturated heterocycles. The number of halogens is 3. The summed E-state index contributed by atoms with van der Waals surface area (Å²) in [6.07, 6.45) is 0.705. The van der Waals surface area contributed by atoms with Gasteiger partial charge in [-0.15, -0.1) is 11.8 Å². The van der Waals surface area contributed by atoms with Crippen molar-refractivity contribution in [2.24, 2.45) is 29.6 Å². The van der Waals surface area contributed by atoms with Gasteiger partial charge in [-0.3, -0.25) is 24.1 Å². The Balaban J connectivity index is 1.10. The number of fused-ring (bicyclic) bond motifs is 9. The summed E-state index contributed by atoms with van der Waals surface area (Å²) in [5, 5.41) is 4.16. The van der Waals surface area contributed by atoms with Gasteiger partial charge in [0.15, 0.2) is 6.61 Å². The highest BCUT2D eigenvalue weighted by Crippen LogP contribution is 2.69. The minimum Gasteiger partial charge on any atom is -0.483 e. The molecule has 7 atom stereocenters. The number of hydrogen-bond acceptors (Lipinski definition) is 9. The summed E-state index contributed by atoms with van der Waals surface area (Å²) in [4.78, 5) is 71.3. The summed E-state index contributed by atoms with van der Waals surface area (Å²) in [6.45, 7) is 1.66. The van der Waals surface area contributed by atoms with Crippen LogP contribution in [0.2, 0.25) is 10.0 Å². The fourth-order valence-electron chi connectivity index (χ4n) is 8.39. The van der Waals surface area contributed by atoms with Crippen LogP contribution in [-0.4, -0.2) is 47.1 Å². The van der Waals surface area contributed by atoms with Crippen molar-refractivity contribution in [1.29, 1.82) is 0 Å². The average molecular weight is 830 g/mol. The molecule has 0 radical (unpaired) electrons. The van der Waals surface area contributed by atoms with E-state index < -0.39 is 23.7 Å². The number of H-pyrrole nitrogens is 1. The zero-order valence-electron chi connectivity index (χ0n) is 26.7. The fraction of sp³-hybridized carbons (Fsp3) is 0.306. The molecular weight excluding hydrogens is 801 g/mol. The average Bonchev–Trinajstić information content (AvgIpc) is 3.84. The molecule has 4 unspecified atom stereocenters. The number of thioether (sulfide) groups is 1. The van der Waals surface area contributed by atoms with Crippen molar-refractivity contribution in [3.8, 4) is 5.75 Å². The number of nitrogens with one attached hydrogen (secondary N) is 2. The van der Waals surface area contributed by atoms with Crippen LogP contribution in [0.3, 0.4) is 0 Å². The van der Waals surface area contributed by atoms with Gasteiger partial charge in [0.2, 0.25) is 11.8 Å². The lowest BCUT2D eigenvalue weighted by atomic mass is 9.68. The van der Waals surface area contributed by atoms with E-state index in [2.05, 4.69) is 26.2 Å². The van der Waals surface area contributed by atoms with Crippen molar-refractivity contribution in [3.05, 3.63) is 101 Å². The molecule has 3 aromatic carbocycles. The molecule has 3 amide bonds. The Bertz CT molecular complexity index is 2180. The van der Waals surface area contributed by atoms with Crippen LogP contribution < -0.4 is 19.8 Å². The maximum atomic E-state index is 14.2. The second kappa shape index (κ2) is 13.4. The molecule has 2 aliphatic carbocycles. The van der Waals surface area contributed by atoms with Crippen molar-refractivity contribution in [2.75, 3.05) is 23.4 Å². The molecule has 15 heteroatoms.